The van der Waals surface area contributed by atoms with Gasteiger partial charge in [0.05, 0.1) is 13.3 Å². The summed E-state index contributed by atoms with van der Waals surface area (Å²) in [5.41, 5.74) is 0. The molecular weight excluding hydrogens is 181 g/mol. The molecule has 84 valence electrons. The number of aliphatic hydroxyl groups excluding tert-OH is 1. The van der Waals surface area contributed by atoms with Gasteiger partial charge in [-0.3, -0.25) is 9.29 Å². The van der Waals surface area contributed by atoms with Gasteiger partial charge in [-0.2, -0.15) is 0 Å². The molecule has 2 unspecified atom stereocenters. The molecular formula is C11H22FNO. The second kappa shape index (κ2) is 5.66. The number of hydrogen-bond acceptors (Lipinski definition) is 2. The van der Waals surface area contributed by atoms with Gasteiger partial charge in [0.1, 0.15) is 0 Å². The maximum atomic E-state index is 12.2. The molecule has 2 nitrogen and oxygen atoms in total. The van der Waals surface area contributed by atoms with E-state index < -0.39 is 0 Å². The molecule has 2 atom stereocenters. The zero-order valence-electron chi connectivity index (χ0n) is 9.25. The quantitative estimate of drug-likeness (QED) is 0.710. The third-order valence-corrected chi connectivity index (χ3v) is 3.26. The van der Waals surface area contributed by atoms with E-state index in [4.69, 9.17) is 0 Å². The van der Waals surface area contributed by atoms with Crippen LogP contribution in [0.4, 0.5) is 4.39 Å². The first kappa shape index (κ1) is 11.9. The van der Waals surface area contributed by atoms with E-state index in [-0.39, 0.29) is 25.2 Å². The Bertz CT molecular complexity index is 159. The Morgan fingerprint density at radius 3 is 2.57 bits per heavy atom. The smallest absolute Gasteiger partial charge is 0.0947 e. The van der Waals surface area contributed by atoms with E-state index in [0.717, 1.165) is 25.9 Å². The van der Waals surface area contributed by atoms with Crippen LogP contribution in [0.5, 0.6) is 0 Å². The van der Waals surface area contributed by atoms with Gasteiger partial charge in [-0.15, -0.1) is 0 Å². The largest absolute Gasteiger partial charge is 0.395 e. The molecule has 1 N–H and O–H groups in total. The van der Waals surface area contributed by atoms with Crippen molar-refractivity contribution in [2.75, 3.05) is 26.4 Å². The molecule has 0 aliphatic carbocycles. The number of halogens is 1. The molecule has 1 aliphatic rings. The second-order valence-corrected chi connectivity index (χ2v) is 4.49. The van der Waals surface area contributed by atoms with Crippen molar-refractivity contribution in [3.05, 3.63) is 0 Å². The van der Waals surface area contributed by atoms with Crippen molar-refractivity contribution in [1.82, 2.24) is 4.90 Å². The van der Waals surface area contributed by atoms with Gasteiger partial charge in [0.2, 0.25) is 0 Å². The van der Waals surface area contributed by atoms with Crippen LogP contribution in [0.2, 0.25) is 0 Å². The molecule has 1 rings (SSSR count). The Labute approximate surface area is 86.1 Å². The molecule has 0 aromatic carbocycles. The lowest BCUT2D eigenvalue weighted by Crippen LogP contribution is -2.56. The van der Waals surface area contributed by atoms with Crippen LogP contribution in [0, 0.1) is 11.8 Å². The van der Waals surface area contributed by atoms with E-state index >= 15 is 0 Å². The minimum Gasteiger partial charge on any atom is -0.395 e. The Balaban J connectivity index is 2.32. The molecule has 0 amide bonds. The van der Waals surface area contributed by atoms with Gasteiger partial charge in [0.25, 0.3) is 0 Å². The molecule has 0 saturated carbocycles. The lowest BCUT2D eigenvalue weighted by atomic mass is 9.90. The van der Waals surface area contributed by atoms with E-state index in [0.29, 0.717) is 5.92 Å². The summed E-state index contributed by atoms with van der Waals surface area (Å²) < 4.78 is 12.2. The molecule has 3 heteroatoms. The summed E-state index contributed by atoms with van der Waals surface area (Å²) in [6, 6.07) is 0.248. The van der Waals surface area contributed by atoms with Crippen molar-refractivity contribution in [2.24, 2.45) is 11.8 Å². The molecule has 1 aliphatic heterocycles. The van der Waals surface area contributed by atoms with E-state index in [1.807, 2.05) is 0 Å². The average molecular weight is 203 g/mol. The van der Waals surface area contributed by atoms with Crippen LogP contribution in [-0.4, -0.2) is 42.4 Å². The molecule has 0 bridgehead atoms. The summed E-state index contributed by atoms with van der Waals surface area (Å²) in [5.74, 6) is 0.739. The predicted molar refractivity (Wildman–Crippen MR) is 56.0 cm³/mol. The third kappa shape index (κ3) is 2.67. The van der Waals surface area contributed by atoms with Gasteiger partial charge in [-0.25, -0.2) is 0 Å². The van der Waals surface area contributed by atoms with Gasteiger partial charge in [-0.1, -0.05) is 20.3 Å². The fraction of sp³-hybridized carbons (Fsp3) is 1.00. The van der Waals surface area contributed by atoms with Crippen LogP contribution < -0.4 is 0 Å². The summed E-state index contributed by atoms with van der Waals surface area (Å²) in [7, 11) is 0. The Hall–Kier alpha value is -0.150. The number of alkyl halides is 1. The summed E-state index contributed by atoms with van der Waals surface area (Å²) in [4.78, 5) is 2.21. The van der Waals surface area contributed by atoms with Crippen molar-refractivity contribution in [3.63, 3.8) is 0 Å². The van der Waals surface area contributed by atoms with Crippen LogP contribution in [0.25, 0.3) is 0 Å². The number of hydrogen-bond donors (Lipinski definition) is 1. The lowest BCUT2D eigenvalue weighted by Gasteiger charge is -2.45. The monoisotopic (exact) mass is 203 g/mol. The minimum absolute atomic E-state index is 0.209. The van der Waals surface area contributed by atoms with Crippen molar-refractivity contribution in [2.45, 2.75) is 32.7 Å². The maximum Gasteiger partial charge on any atom is 0.0947 e. The zero-order valence-corrected chi connectivity index (χ0v) is 9.25. The minimum atomic E-state index is -0.212. The fourth-order valence-electron chi connectivity index (χ4n) is 2.28. The Kier molecular flexibility index (Phi) is 4.82. The summed E-state index contributed by atoms with van der Waals surface area (Å²) >= 11 is 0. The van der Waals surface area contributed by atoms with Crippen LogP contribution in [0.1, 0.15) is 26.7 Å². The molecule has 1 fully saturated rings. The Morgan fingerprint density at radius 1 is 1.50 bits per heavy atom. The topological polar surface area (TPSA) is 23.5 Å². The van der Waals surface area contributed by atoms with Gasteiger partial charge in [0.15, 0.2) is 0 Å². The van der Waals surface area contributed by atoms with E-state index in [9.17, 15) is 9.50 Å². The number of likely N-dealkylation sites (tertiary alicyclic amines) is 1. The molecule has 1 saturated heterocycles. The first-order valence-electron chi connectivity index (χ1n) is 5.63. The van der Waals surface area contributed by atoms with Crippen molar-refractivity contribution >= 4 is 0 Å². The van der Waals surface area contributed by atoms with Crippen LogP contribution in [-0.2, 0) is 0 Å². The van der Waals surface area contributed by atoms with Crippen molar-refractivity contribution in [1.29, 1.82) is 0 Å². The van der Waals surface area contributed by atoms with Crippen molar-refractivity contribution < 1.29 is 9.50 Å². The standard InChI is InChI=1S/C11H22FNO/c1-3-4-9(2)11(8-14)13-6-10(5-12)7-13/h9-11,14H,3-8H2,1-2H3. The highest BCUT2D eigenvalue weighted by atomic mass is 19.1. The van der Waals surface area contributed by atoms with E-state index in [1.165, 1.54) is 0 Å². The highest BCUT2D eigenvalue weighted by molar-refractivity contribution is 4.87. The highest BCUT2D eigenvalue weighted by Crippen LogP contribution is 2.24. The first-order valence-corrected chi connectivity index (χ1v) is 5.63. The van der Waals surface area contributed by atoms with Gasteiger partial charge in [0, 0.05) is 25.0 Å². The molecule has 0 aromatic rings. The van der Waals surface area contributed by atoms with Crippen LogP contribution in [0.15, 0.2) is 0 Å². The van der Waals surface area contributed by atoms with E-state index in [1.54, 1.807) is 0 Å². The highest BCUT2D eigenvalue weighted by Gasteiger charge is 2.33. The fourth-order valence-corrected chi connectivity index (χ4v) is 2.28. The second-order valence-electron chi connectivity index (χ2n) is 4.49. The number of nitrogens with zero attached hydrogens (tertiary/aromatic N) is 1. The van der Waals surface area contributed by atoms with Crippen LogP contribution >= 0.6 is 0 Å². The first-order chi connectivity index (χ1) is 6.72. The molecule has 0 radical (unpaired) electrons. The number of rotatable bonds is 6. The average Bonchev–Trinajstić information content (AvgIpc) is 2.10. The maximum absolute atomic E-state index is 12.2. The summed E-state index contributed by atoms with van der Waals surface area (Å²) in [6.45, 7) is 5.99. The van der Waals surface area contributed by atoms with Gasteiger partial charge >= 0.3 is 0 Å². The van der Waals surface area contributed by atoms with Gasteiger partial charge in [-0.05, 0) is 12.3 Å². The number of aliphatic hydroxyl groups is 1. The normalized spacial score (nSPS) is 23.1. The summed E-state index contributed by atoms with van der Waals surface area (Å²) in [5, 5.41) is 9.28. The Morgan fingerprint density at radius 2 is 2.14 bits per heavy atom. The molecule has 1 heterocycles. The SMILES string of the molecule is CCCC(C)C(CO)N1CC(CF)C1. The zero-order chi connectivity index (χ0) is 10.6. The summed E-state index contributed by atoms with van der Waals surface area (Å²) in [6.07, 6.45) is 2.29. The third-order valence-electron chi connectivity index (χ3n) is 3.26. The molecule has 14 heavy (non-hydrogen) atoms. The van der Waals surface area contributed by atoms with Gasteiger partial charge < -0.3 is 5.11 Å². The van der Waals surface area contributed by atoms with Crippen molar-refractivity contribution in [3.8, 4) is 0 Å². The molecule has 0 aromatic heterocycles. The molecule has 0 spiro atoms. The van der Waals surface area contributed by atoms with Crippen LogP contribution in [0.3, 0.4) is 0 Å². The predicted octanol–water partition coefficient (Wildman–Crippen LogP) is 1.68. The lowest BCUT2D eigenvalue weighted by molar-refractivity contribution is -0.00963. The van der Waals surface area contributed by atoms with E-state index in [2.05, 4.69) is 18.7 Å².